The van der Waals surface area contributed by atoms with Crippen LogP contribution in [0.15, 0.2) is 6.20 Å². The van der Waals surface area contributed by atoms with Crippen LogP contribution in [0, 0.1) is 22.5 Å². The fourth-order valence-corrected chi connectivity index (χ4v) is 1.20. The van der Waals surface area contributed by atoms with Crippen LogP contribution in [0.3, 0.4) is 0 Å². The normalized spacial score (nSPS) is 11.5. The van der Waals surface area contributed by atoms with E-state index in [1.807, 2.05) is 0 Å². The maximum Gasteiger partial charge on any atom is 0.330 e. The zero-order valence-electron chi connectivity index (χ0n) is 8.95. The van der Waals surface area contributed by atoms with Crippen LogP contribution in [0.4, 0.5) is 11.5 Å². The number of anilines is 1. The van der Waals surface area contributed by atoms with E-state index in [9.17, 15) is 14.9 Å². The summed E-state index contributed by atoms with van der Waals surface area (Å²) in [6.07, 6.45) is 6.09. The Hall–Kier alpha value is -2.56. The number of nitrogens with zero attached hydrogens (tertiary/aromatic N) is 3. The molecule has 90 valence electrons. The van der Waals surface area contributed by atoms with Crippen LogP contribution >= 0.6 is 0 Å². The Balaban J connectivity index is 2.97. The highest BCUT2D eigenvalue weighted by Crippen LogP contribution is 2.22. The lowest BCUT2D eigenvalue weighted by atomic mass is 10.2. The Morgan fingerprint density at radius 1 is 1.88 bits per heavy atom. The van der Waals surface area contributed by atoms with Crippen molar-refractivity contribution in [1.82, 2.24) is 9.78 Å². The molecule has 1 aromatic rings. The standard InChI is InChI=1S/C9H10N4O4/c1-3-4-6(9(14)15)10-8-7(13(16)17)5-12(2)11-8/h1,5-6H,4H2,2H3,(H,10,11)(H,14,15). The topological polar surface area (TPSA) is 110 Å². The summed E-state index contributed by atoms with van der Waals surface area (Å²) >= 11 is 0. The zero-order chi connectivity index (χ0) is 13.0. The van der Waals surface area contributed by atoms with Gasteiger partial charge in [0.15, 0.2) is 0 Å². The Labute approximate surface area is 96.4 Å². The lowest BCUT2D eigenvalue weighted by Gasteiger charge is -2.09. The summed E-state index contributed by atoms with van der Waals surface area (Å²) in [7, 11) is 1.50. The van der Waals surface area contributed by atoms with Gasteiger partial charge in [0.25, 0.3) is 0 Å². The maximum atomic E-state index is 10.8. The molecule has 0 aliphatic heterocycles. The largest absolute Gasteiger partial charge is 0.480 e. The van der Waals surface area contributed by atoms with Crippen LogP contribution in [0.1, 0.15) is 6.42 Å². The van der Waals surface area contributed by atoms with Crippen LogP contribution in [-0.4, -0.2) is 31.8 Å². The van der Waals surface area contributed by atoms with Gasteiger partial charge in [0.05, 0.1) is 4.92 Å². The number of nitro groups is 1. The summed E-state index contributed by atoms with van der Waals surface area (Å²) in [5.74, 6) is 0.874. The van der Waals surface area contributed by atoms with Crippen molar-refractivity contribution in [3.8, 4) is 12.3 Å². The van der Waals surface area contributed by atoms with E-state index in [1.54, 1.807) is 0 Å². The number of aryl methyl sites for hydroxylation is 1. The summed E-state index contributed by atoms with van der Waals surface area (Å²) in [5.41, 5.74) is -0.296. The Kier molecular flexibility index (Phi) is 3.66. The van der Waals surface area contributed by atoms with Crippen molar-refractivity contribution in [2.75, 3.05) is 5.32 Å². The third kappa shape index (κ3) is 2.94. The second-order valence-corrected chi connectivity index (χ2v) is 3.24. The fraction of sp³-hybridized carbons (Fsp3) is 0.333. The van der Waals surface area contributed by atoms with Gasteiger partial charge in [-0.1, -0.05) is 0 Å². The van der Waals surface area contributed by atoms with Crippen molar-refractivity contribution in [2.24, 2.45) is 7.05 Å². The fourth-order valence-electron chi connectivity index (χ4n) is 1.20. The molecule has 1 atom stereocenters. The quantitative estimate of drug-likeness (QED) is 0.431. The van der Waals surface area contributed by atoms with Crippen LogP contribution in [0.5, 0.6) is 0 Å². The monoisotopic (exact) mass is 238 g/mol. The van der Waals surface area contributed by atoms with Crippen molar-refractivity contribution in [2.45, 2.75) is 12.5 Å². The predicted octanol–water partition coefficient (Wildman–Crippen LogP) is 0.217. The molecule has 0 saturated heterocycles. The van der Waals surface area contributed by atoms with Gasteiger partial charge in [-0.15, -0.1) is 17.4 Å². The van der Waals surface area contributed by atoms with Gasteiger partial charge in [0.2, 0.25) is 5.82 Å². The van der Waals surface area contributed by atoms with E-state index in [0.717, 1.165) is 0 Å². The third-order valence-electron chi connectivity index (χ3n) is 1.94. The molecule has 0 bridgehead atoms. The van der Waals surface area contributed by atoms with Crippen molar-refractivity contribution < 1.29 is 14.8 Å². The molecule has 0 amide bonds. The summed E-state index contributed by atoms with van der Waals surface area (Å²) in [5, 5.41) is 25.7. The number of hydrogen-bond donors (Lipinski definition) is 2. The minimum absolute atomic E-state index is 0.0942. The summed E-state index contributed by atoms with van der Waals surface area (Å²) in [6.45, 7) is 0. The Morgan fingerprint density at radius 2 is 2.53 bits per heavy atom. The molecule has 0 aliphatic rings. The van der Waals surface area contributed by atoms with Crippen molar-refractivity contribution >= 4 is 17.5 Å². The molecule has 1 heterocycles. The average Bonchev–Trinajstić information content (AvgIpc) is 2.59. The molecule has 1 rings (SSSR count). The molecule has 0 fully saturated rings. The molecule has 0 radical (unpaired) electrons. The number of carboxylic acid groups (broad SMARTS) is 1. The number of aliphatic carboxylic acids is 1. The number of hydrogen-bond acceptors (Lipinski definition) is 5. The second kappa shape index (κ2) is 4.98. The van der Waals surface area contributed by atoms with Gasteiger partial charge in [0.1, 0.15) is 12.2 Å². The molecule has 0 aromatic carbocycles. The van der Waals surface area contributed by atoms with Crippen LogP contribution < -0.4 is 5.32 Å². The minimum Gasteiger partial charge on any atom is -0.480 e. The molecule has 8 nitrogen and oxygen atoms in total. The smallest absolute Gasteiger partial charge is 0.330 e. The summed E-state index contributed by atoms with van der Waals surface area (Å²) < 4.78 is 1.22. The van der Waals surface area contributed by atoms with Crippen molar-refractivity contribution in [1.29, 1.82) is 0 Å². The third-order valence-corrected chi connectivity index (χ3v) is 1.94. The van der Waals surface area contributed by atoms with Crippen molar-refractivity contribution in [3.05, 3.63) is 16.3 Å². The van der Waals surface area contributed by atoms with E-state index in [4.69, 9.17) is 11.5 Å². The van der Waals surface area contributed by atoms with E-state index in [1.165, 1.54) is 17.9 Å². The number of carbonyl (C=O) groups is 1. The lowest BCUT2D eigenvalue weighted by molar-refractivity contribution is -0.384. The lowest BCUT2D eigenvalue weighted by Crippen LogP contribution is -2.29. The second-order valence-electron chi connectivity index (χ2n) is 3.24. The first-order valence-electron chi connectivity index (χ1n) is 4.56. The SMILES string of the molecule is C#CCC(Nc1nn(C)cc1[N+](=O)[O-])C(=O)O. The van der Waals surface area contributed by atoms with E-state index >= 15 is 0 Å². The minimum atomic E-state index is -1.19. The van der Waals surface area contributed by atoms with Crippen LogP contribution in [0.2, 0.25) is 0 Å². The molecule has 0 saturated carbocycles. The first-order chi connectivity index (χ1) is 7.95. The van der Waals surface area contributed by atoms with Gasteiger partial charge in [-0.3, -0.25) is 14.8 Å². The first-order valence-corrected chi connectivity index (χ1v) is 4.56. The molecule has 1 aromatic heterocycles. The van der Waals surface area contributed by atoms with Gasteiger partial charge in [-0.25, -0.2) is 4.79 Å². The van der Waals surface area contributed by atoms with Gasteiger partial charge < -0.3 is 10.4 Å². The number of terminal acetylenes is 1. The summed E-state index contributed by atoms with van der Waals surface area (Å²) in [6, 6.07) is -1.10. The highest BCUT2D eigenvalue weighted by atomic mass is 16.6. The average molecular weight is 238 g/mol. The number of aromatic nitrogens is 2. The predicted molar refractivity (Wildman–Crippen MR) is 58.4 cm³/mol. The highest BCUT2D eigenvalue weighted by Gasteiger charge is 2.24. The Morgan fingerprint density at radius 3 is 3.00 bits per heavy atom. The Bertz CT molecular complexity index is 488. The first kappa shape index (κ1) is 12.5. The van der Waals surface area contributed by atoms with Crippen LogP contribution in [0.25, 0.3) is 0 Å². The summed E-state index contributed by atoms with van der Waals surface area (Å²) in [4.78, 5) is 20.8. The molecular weight excluding hydrogens is 228 g/mol. The molecule has 17 heavy (non-hydrogen) atoms. The zero-order valence-corrected chi connectivity index (χ0v) is 8.95. The van der Waals surface area contributed by atoms with Crippen molar-refractivity contribution in [3.63, 3.8) is 0 Å². The van der Waals surface area contributed by atoms with E-state index in [0.29, 0.717) is 0 Å². The van der Waals surface area contributed by atoms with E-state index in [2.05, 4.69) is 16.3 Å². The molecular formula is C9H10N4O4. The van der Waals surface area contributed by atoms with Crippen LogP contribution in [-0.2, 0) is 11.8 Å². The molecule has 0 spiro atoms. The van der Waals surface area contributed by atoms with E-state index in [-0.39, 0.29) is 17.9 Å². The van der Waals surface area contributed by atoms with Gasteiger partial charge in [-0.2, -0.15) is 0 Å². The highest BCUT2D eigenvalue weighted by molar-refractivity contribution is 5.78. The number of rotatable bonds is 5. The molecule has 8 heteroatoms. The maximum absolute atomic E-state index is 10.8. The molecule has 0 aliphatic carbocycles. The van der Waals surface area contributed by atoms with Gasteiger partial charge in [0, 0.05) is 13.5 Å². The molecule has 2 N–H and O–H groups in total. The number of carboxylic acids is 1. The van der Waals surface area contributed by atoms with E-state index < -0.39 is 16.9 Å². The molecule has 1 unspecified atom stereocenters. The van der Waals surface area contributed by atoms with Gasteiger partial charge in [-0.05, 0) is 0 Å². The number of nitrogens with one attached hydrogen (secondary N) is 1. The van der Waals surface area contributed by atoms with Gasteiger partial charge >= 0.3 is 11.7 Å².